The van der Waals surface area contributed by atoms with Crippen LogP contribution in [0.3, 0.4) is 0 Å². The van der Waals surface area contributed by atoms with E-state index in [1.165, 1.54) is 5.56 Å². The topological polar surface area (TPSA) is 41.6 Å². The standard InChI is InChI=1S/C20H26N2O2/c1-4-22(18-8-6-7-16(3)15-18)14-13-20(23)21-17-9-11-19(12-10-17)24-5-2/h6-12,15H,4-5,13-14H2,1-3H3,(H,21,23). The van der Waals surface area contributed by atoms with Gasteiger partial charge >= 0.3 is 0 Å². The van der Waals surface area contributed by atoms with Crippen molar-refractivity contribution in [3.63, 3.8) is 0 Å². The summed E-state index contributed by atoms with van der Waals surface area (Å²) in [4.78, 5) is 14.4. The van der Waals surface area contributed by atoms with Crippen molar-refractivity contribution in [2.45, 2.75) is 27.2 Å². The fourth-order valence-corrected chi connectivity index (χ4v) is 2.56. The van der Waals surface area contributed by atoms with Crippen molar-refractivity contribution >= 4 is 17.3 Å². The third-order valence-electron chi connectivity index (χ3n) is 3.81. The molecule has 24 heavy (non-hydrogen) atoms. The molecule has 0 spiro atoms. The second-order valence-electron chi connectivity index (χ2n) is 5.67. The van der Waals surface area contributed by atoms with E-state index in [2.05, 4.69) is 42.3 Å². The molecule has 0 aliphatic carbocycles. The molecule has 2 rings (SSSR count). The first-order chi connectivity index (χ1) is 11.6. The van der Waals surface area contributed by atoms with Crippen molar-refractivity contribution in [2.24, 2.45) is 0 Å². The molecule has 0 fully saturated rings. The van der Waals surface area contributed by atoms with Crippen molar-refractivity contribution in [3.05, 3.63) is 54.1 Å². The minimum atomic E-state index is 0.0188. The highest BCUT2D eigenvalue weighted by Crippen LogP contribution is 2.17. The number of anilines is 2. The first kappa shape index (κ1) is 17.9. The summed E-state index contributed by atoms with van der Waals surface area (Å²) in [6.45, 7) is 8.34. The van der Waals surface area contributed by atoms with E-state index in [-0.39, 0.29) is 5.91 Å². The number of benzene rings is 2. The average molecular weight is 326 g/mol. The molecule has 2 aromatic rings. The van der Waals surface area contributed by atoms with Gasteiger partial charge in [0.25, 0.3) is 0 Å². The maximum Gasteiger partial charge on any atom is 0.226 e. The Labute approximate surface area is 144 Å². The number of amides is 1. The van der Waals surface area contributed by atoms with E-state index in [4.69, 9.17) is 4.74 Å². The van der Waals surface area contributed by atoms with Gasteiger partial charge in [-0.25, -0.2) is 0 Å². The molecule has 0 radical (unpaired) electrons. The fourth-order valence-electron chi connectivity index (χ4n) is 2.56. The molecule has 2 aromatic carbocycles. The molecule has 1 N–H and O–H groups in total. The van der Waals surface area contributed by atoms with Gasteiger partial charge in [-0.15, -0.1) is 0 Å². The van der Waals surface area contributed by atoms with E-state index in [1.54, 1.807) is 0 Å². The predicted octanol–water partition coefficient (Wildman–Crippen LogP) is 4.25. The first-order valence-electron chi connectivity index (χ1n) is 8.46. The summed E-state index contributed by atoms with van der Waals surface area (Å²) >= 11 is 0. The molecule has 0 atom stereocenters. The minimum absolute atomic E-state index is 0.0188. The van der Waals surface area contributed by atoms with Crippen molar-refractivity contribution in [1.29, 1.82) is 0 Å². The highest BCUT2D eigenvalue weighted by atomic mass is 16.5. The summed E-state index contributed by atoms with van der Waals surface area (Å²) in [5.74, 6) is 0.831. The summed E-state index contributed by atoms with van der Waals surface area (Å²) in [6.07, 6.45) is 0.453. The number of nitrogens with one attached hydrogen (secondary N) is 1. The molecule has 0 saturated heterocycles. The lowest BCUT2D eigenvalue weighted by atomic mass is 10.2. The van der Waals surface area contributed by atoms with Gasteiger partial charge < -0.3 is 15.0 Å². The van der Waals surface area contributed by atoms with Crippen LogP contribution in [0, 0.1) is 6.92 Å². The molecule has 0 unspecified atom stereocenters. The van der Waals surface area contributed by atoms with Crippen LogP contribution in [0.5, 0.6) is 5.75 Å². The highest BCUT2D eigenvalue weighted by Gasteiger charge is 2.08. The molecule has 0 heterocycles. The van der Waals surface area contributed by atoms with Gasteiger partial charge in [0.1, 0.15) is 5.75 Å². The third-order valence-corrected chi connectivity index (χ3v) is 3.81. The molecule has 0 aromatic heterocycles. The summed E-state index contributed by atoms with van der Waals surface area (Å²) < 4.78 is 5.40. The van der Waals surface area contributed by atoms with Crippen LogP contribution in [0.25, 0.3) is 0 Å². The van der Waals surface area contributed by atoms with Gasteiger partial charge in [-0.05, 0) is 62.7 Å². The number of carbonyl (C=O) groups is 1. The van der Waals surface area contributed by atoms with Crippen LogP contribution < -0.4 is 15.0 Å². The van der Waals surface area contributed by atoms with Gasteiger partial charge in [0, 0.05) is 30.9 Å². The Hall–Kier alpha value is -2.49. The number of hydrogen-bond donors (Lipinski definition) is 1. The zero-order valence-corrected chi connectivity index (χ0v) is 14.7. The van der Waals surface area contributed by atoms with Gasteiger partial charge in [-0.1, -0.05) is 12.1 Å². The number of carbonyl (C=O) groups excluding carboxylic acids is 1. The Bertz CT molecular complexity index is 653. The molecule has 0 bridgehead atoms. The van der Waals surface area contributed by atoms with Crippen LogP contribution in [-0.4, -0.2) is 25.6 Å². The van der Waals surface area contributed by atoms with E-state index in [1.807, 2.05) is 37.3 Å². The molecule has 1 amide bonds. The molecule has 0 aliphatic heterocycles. The van der Waals surface area contributed by atoms with Crippen molar-refractivity contribution in [3.8, 4) is 5.75 Å². The van der Waals surface area contributed by atoms with Crippen LogP contribution in [0.4, 0.5) is 11.4 Å². The number of nitrogens with zero attached hydrogens (tertiary/aromatic N) is 1. The molecular weight excluding hydrogens is 300 g/mol. The monoisotopic (exact) mass is 326 g/mol. The van der Waals surface area contributed by atoms with E-state index in [0.717, 1.165) is 23.7 Å². The molecule has 4 heteroatoms. The zero-order valence-electron chi connectivity index (χ0n) is 14.7. The predicted molar refractivity (Wildman–Crippen MR) is 99.9 cm³/mol. The third kappa shape index (κ3) is 5.30. The number of aryl methyl sites for hydroxylation is 1. The second-order valence-corrected chi connectivity index (χ2v) is 5.67. The lowest BCUT2D eigenvalue weighted by molar-refractivity contribution is -0.116. The van der Waals surface area contributed by atoms with Gasteiger partial charge in [0.05, 0.1) is 6.61 Å². The minimum Gasteiger partial charge on any atom is -0.494 e. The van der Waals surface area contributed by atoms with E-state index in [0.29, 0.717) is 19.6 Å². The maximum absolute atomic E-state index is 12.2. The van der Waals surface area contributed by atoms with Gasteiger partial charge in [0.15, 0.2) is 0 Å². The van der Waals surface area contributed by atoms with Crippen LogP contribution in [0.1, 0.15) is 25.8 Å². The van der Waals surface area contributed by atoms with Crippen molar-refractivity contribution in [2.75, 3.05) is 29.9 Å². The molecule has 0 saturated carbocycles. The van der Waals surface area contributed by atoms with E-state index >= 15 is 0 Å². The fraction of sp³-hybridized carbons (Fsp3) is 0.350. The molecule has 0 aliphatic rings. The largest absolute Gasteiger partial charge is 0.494 e. The van der Waals surface area contributed by atoms with Gasteiger partial charge in [-0.2, -0.15) is 0 Å². The zero-order chi connectivity index (χ0) is 17.4. The van der Waals surface area contributed by atoms with Gasteiger partial charge in [0.2, 0.25) is 5.91 Å². The normalized spacial score (nSPS) is 10.3. The number of rotatable bonds is 8. The Morgan fingerprint density at radius 3 is 2.50 bits per heavy atom. The summed E-state index contributed by atoms with van der Waals surface area (Å²) in [5, 5.41) is 2.93. The SMILES string of the molecule is CCOc1ccc(NC(=O)CCN(CC)c2cccc(C)c2)cc1. The maximum atomic E-state index is 12.2. The van der Waals surface area contributed by atoms with Crippen LogP contribution >= 0.6 is 0 Å². The lowest BCUT2D eigenvalue weighted by Gasteiger charge is -2.23. The van der Waals surface area contributed by atoms with Crippen molar-refractivity contribution < 1.29 is 9.53 Å². The van der Waals surface area contributed by atoms with Crippen LogP contribution in [0.2, 0.25) is 0 Å². The van der Waals surface area contributed by atoms with Crippen LogP contribution in [0.15, 0.2) is 48.5 Å². The van der Waals surface area contributed by atoms with E-state index < -0.39 is 0 Å². The Morgan fingerprint density at radius 2 is 1.88 bits per heavy atom. The lowest BCUT2D eigenvalue weighted by Crippen LogP contribution is -2.27. The Balaban J connectivity index is 1.87. The van der Waals surface area contributed by atoms with Crippen LogP contribution in [-0.2, 0) is 4.79 Å². The smallest absolute Gasteiger partial charge is 0.226 e. The number of ether oxygens (including phenoxy) is 1. The summed E-state index contributed by atoms with van der Waals surface area (Å²) in [7, 11) is 0. The second kappa shape index (κ2) is 8.96. The average Bonchev–Trinajstić information content (AvgIpc) is 2.57. The Kier molecular flexibility index (Phi) is 6.67. The summed E-state index contributed by atoms with van der Waals surface area (Å²) in [6, 6.07) is 15.8. The van der Waals surface area contributed by atoms with Crippen molar-refractivity contribution in [1.82, 2.24) is 0 Å². The Morgan fingerprint density at radius 1 is 1.12 bits per heavy atom. The molecular formula is C20H26N2O2. The molecule has 4 nitrogen and oxygen atoms in total. The van der Waals surface area contributed by atoms with E-state index in [9.17, 15) is 4.79 Å². The molecule has 128 valence electrons. The first-order valence-corrected chi connectivity index (χ1v) is 8.46. The summed E-state index contributed by atoms with van der Waals surface area (Å²) in [5.41, 5.74) is 3.18. The van der Waals surface area contributed by atoms with Gasteiger partial charge in [-0.3, -0.25) is 4.79 Å². The highest BCUT2D eigenvalue weighted by molar-refractivity contribution is 5.91. The quantitative estimate of drug-likeness (QED) is 0.788. The number of hydrogen-bond acceptors (Lipinski definition) is 3.